The fourth-order valence-corrected chi connectivity index (χ4v) is 1.01. The largest absolute Gasteiger partial charge is 0.411 e. The highest BCUT2D eigenvalue weighted by molar-refractivity contribution is 5.56. The molecule has 0 spiro atoms. The van der Waals surface area contributed by atoms with E-state index in [0.717, 1.165) is 19.4 Å². The third-order valence-corrected chi connectivity index (χ3v) is 1.85. The van der Waals surface area contributed by atoms with Gasteiger partial charge in [0.05, 0.1) is 19.3 Å². The van der Waals surface area contributed by atoms with Crippen LogP contribution in [0.2, 0.25) is 0 Å². The Labute approximate surface area is 91.6 Å². The minimum Gasteiger partial charge on any atom is -0.411 e. The summed E-state index contributed by atoms with van der Waals surface area (Å²) >= 11 is 0. The number of hydrogen-bond donors (Lipinski definition) is 1. The minimum absolute atomic E-state index is 0.0595. The van der Waals surface area contributed by atoms with E-state index in [-0.39, 0.29) is 6.10 Å². The Morgan fingerprint density at radius 1 is 1.53 bits per heavy atom. The van der Waals surface area contributed by atoms with Crippen molar-refractivity contribution in [1.82, 2.24) is 0 Å². The highest BCUT2D eigenvalue weighted by Gasteiger charge is 2.07. The van der Waals surface area contributed by atoms with Crippen LogP contribution in [0.15, 0.2) is 17.8 Å². The highest BCUT2D eigenvalue weighted by atomic mass is 16.5. The van der Waals surface area contributed by atoms with Crippen molar-refractivity contribution in [2.24, 2.45) is 5.16 Å². The Hall–Kier alpha value is -0.870. The van der Waals surface area contributed by atoms with Crippen LogP contribution in [-0.2, 0) is 9.47 Å². The van der Waals surface area contributed by atoms with E-state index in [4.69, 9.17) is 14.7 Å². The molecule has 0 saturated carbocycles. The molecular weight excluding hydrogens is 194 g/mol. The molecule has 0 aliphatic rings. The van der Waals surface area contributed by atoms with Gasteiger partial charge in [0.2, 0.25) is 0 Å². The zero-order valence-corrected chi connectivity index (χ0v) is 9.39. The quantitative estimate of drug-likeness (QED) is 0.200. The number of unbranched alkanes of at least 4 members (excludes halogenated alkanes) is 1. The molecule has 0 saturated heterocycles. The maximum atomic E-state index is 8.30. The minimum atomic E-state index is -0.0595. The first-order chi connectivity index (χ1) is 7.35. The first-order valence-electron chi connectivity index (χ1n) is 5.31. The Bertz CT molecular complexity index is 171. The molecule has 1 atom stereocenters. The van der Waals surface area contributed by atoms with E-state index in [1.54, 1.807) is 6.08 Å². The van der Waals surface area contributed by atoms with Gasteiger partial charge in [0.15, 0.2) is 0 Å². The van der Waals surface area contributed by atoms with E-state index in [1.807, 2.05) is 0 Å². The van der Waals surface area contributed by atoms with Crippen molar-refractivity contribution in [2.75, 3.05) is 19.8 Å². The molecular formula is C11H21NO3. The van der Waals surface area contributed by atoms with Crippen LogP contribution < -0.4 is 0 Å². The molecule has 0 aliphatic carbocycles. The van der Waals surface area contributed by atoms with Crippen LogP contribution >= 0.6 is 0 Å². The molecule has 4 heteroatoms. The van der Waals surface area contributed by atoms with Gasteiger partial charge >= 0.3 is 0 Å². The Morgan fingerprint density at radius 2 is 2.33 bits per heavy atom. The van der Waals surface area contributed by atoms with Gasteiger partial charge in [-0.1, -0.05) is 19.4 Å². The van der Waals surface area contributed by atoms with Gasteiger partial charge in [0.1, 0.15) is 0 Å². The van der Waals surface area contributed by atoms with E-state index in [0.29, 0.717) is 19.6 Å². The number of rotatable bonds is 10. The van der Waals surface area contributed by atoms with Crippen molar-refractivity contribution in [3.63, 3.8) is 0 Å². The fraction of sp³-hybridized carbons (Fsp3) is 0.727. The van der Waals surface area contributed by atoms with Crippen LogP contribution in [0, 0.1) is 0 Å². The molecule has 0 unspecified atom stereocenters. The summed E-state index contributed by atoms with van der Waals surface area (Å²) in [5.74, 6) is 0. The standard InChI is InChI=1S/C11H21NO3/c1-3-5-9-14-10-11(6-7-12-13)15-8-4-2/h4,7,11,13H,2-3,5-6,8-10H2,1H3/b12-7+/t11-/m0/s1. The third-order valence-electron chi connectivity index (χ3n) is 1.85. The van der Waals surface area contributed by atoms with Crippen LogP contribution in [0.25, 0.3) is 0 Å². The topological polar surface area (TPSA) is 51.0 Å². The van der Waals surface area contributed by atoms with Crippen molar-refractivity contribution >= 4 is 6.21 Å². The van der Waals surface area contributed by atoms with Crippen molar-refractivity contribution in [1.29, 1.82) is 0 Å². The summed E-state index contributed by atoms with van der Waals surface area (Å²) in [6.07, 6.45) is 5.77. The second kappa shape index (κ2) is 11.2. The van der Waals surface area contributed by atoms with Gasteiger partial charge in [-0.3, -0.25) is 0 Å². The van der Waals surface area contributed by atoms with Crippen molar-refractivity contribution in [3.05, 3.63) is 12.7 Å². The molecule has 0 fully saturated rings. The Balaban J connectivity index is 3.63. The van der Waals surface area contributed by atoms with Crippen molar-refractivity contribution in [2.45, 2.75) is 32.3 Å². The zero-order valence-electron chi connectivity index (χ0n) is 9.39. The second-order valence-corrected chi connectivity index (χ2v) is 3.21. The molecule has 0 aliphatic heterocycles. The molecule has 1 N–H and O–H groups in total. The van der Waals surface area contributed by atoms with Gasteiger partial charge in [0, 0.05) is 19.2 Å². The van der Waals surface area contributed by atoms with Gasteiger partial charge in [-0.2, -0.15) is 0 Å². The molecule has 0 bridgehead atoms. The van der Waals surface area contributed by atoms with Crippen LogP contribution in [-0.4, -0.2) is 37.3 Å². The molecule has 0 rings (SSSR count). The lowest BCUT2D eigenvalue weighted by Crippen LogP contribution is -2.21. The van der Waals surface area contributed by atoms with Gasteiger partial charge in [-0.25, -0.2) is 0 Å². The molecule has 0 amide bonds. The zero-order chi connectivity index (χ0) is 11.4. The molecule has 0 aromatic heterocycles. The van der Waals surface area contributed by atoms with Gasteiger partial charge < -0.3 is 14.7 Å². The monoisotopic (exact) mass is 215 g/mol. The molecule has 0 radical (unpaired) electrons. The molecule has 4 nitrogen and oxygen atoms in total. The van der Waals surface area contributed by atoms with E-state index in [9.17, 15) is 0 Å². The lowest BCUT2D eigenvalue weighted by Gasteiger charge is -2.14. The maximum absolute atomic E-state index is 8.30. The fourth-order valence-electron chi connectivity index (χ4n) is 1.01. The van der Waals surface area contributed by atoms with E-state index in [1.165, 1.54) is 6.21 Å². The van der Waals surface area contributed by atoms with Crippen molar-refractivity contribution in [3.8, 4) is 0 Å². The summed E-state index contributed by atoms with van der Waals surface area (Å²) in [4.78, 5) is 0. The van der Waals surface area contributed by atoms with Crippen LogP contribution in [0.1, 0.15) is 26.2 Å². The summed E-state index contributed by atoms with van der Waals surface area (Å²) in [6.45, 7) is 7.46. The Morgan fingerprint density at radius 3 is 2.93 bits per heavy atom. The number of oxime groups is 1. The van der Waals surface area contributed by atoms with E-state index >= 15 is 0 Å². The number of nitrogens with zero attached hydrogens (tertiary/aromatic N) is 1. The van der Waals surface area contributed by atoms with Crippen LogP contribution in [0.4, 0.5) is 0 Å². The number of ether oxygens (including phenoxy) is 2. The SMILES string of the molecule is C=CCO[C@@H](C/C=N/O)COCCCC. The normalized spacial score (nSPS) is 13.1. The van der Waals surface area contributed by atoms with E-state index in [2.05, 4.69) is 18.7 Å². The third kappa shape index (κ3) is 9.43. The van der Waals surface area contributed by atoms with Crippen LogP contribution in [0.5, 0.6) is 0 Å². The van der Waals surface area contributed by atoms with Gasteiger partial charge in [-0.05, 0) is 6.42 Å². The molecule has 0 aromatic rings. The van der Waals surface area contributed by atoms with Crippen LogP contribution in [0.3, 0.4) is 0 Å². The first kappa shape index (κ1) is 14.1. The summed E-state index contributed by atoms with van der Waals surface area (Å²) in [6, 6.07) is 0. The average Bonchev–Trinajstić information content (AvgIpc) is 2.27. The predicted octanol–water partition coefficient (Wildman–Crippen LogP) is 2.22. The average molecular weight is 215 g/mol. The predicted molar refractivity (Wildman–Crippen MR) is 60.6 cm³/mol. The first-order valence-corrected chi connectivity index (χ1v) is 5.31. The summed E-state index contributed by atoms with van der Waals surface area (Å²) < 4.78 is 10.9. The van der Waals surface area contributed by atoms with E-state index < -0.39 is 0 Å². The molecule has 0 heterocycles. The van der Waals surface area contributed by atoms with Crippen molar-refractivity contribution < 1.29 is 14.7 Å². The molecule has 0 aromatic carbocycles. The lowest BCUT2D eigenvalue weighted by molar-refractivity contribution is -0.00189. The molecule has 88 valence electrons. The summed E-state index contributed by atoms with van der Waals surface area (Å²) in [7, 11) is 0. The highest BCUT2D eigenvalue weighted by Crippen LogP contribution is 1.99. The molecule has 15 heavy (non-hydrogen) atoms. The summed E-state index contributed by atoms with van der Waals surface area (Å²) in [5.41, 5.74) is 0. The summed E-state index contributed by atoms with van der Waals surface area (Å²) in [5, 5.41) is 11.2. The maximum Gasteiger partial charge on any atom is 0.0863 e. The second-order valence-electron chi connectivity index (χ2n) is 3.21. The van der Waals surface area contributed by atoms with Gasteiger partial charge in [0.25, 0.3) is 0 Å². The Kier molecular flexibility index (Phi) is 10.6. The number of hydrogen-bond acceptors (Lipinski definition) is 4. The van der Waals surface area contributed by atoms with Gasteiger partial charge in [-0.15, -0.1) is 11.7 Å². The smallest absolute Gasteiger partial charge is 0.0863 e. The lowest BCUT2D eigenvalue weighted by atomic mass is 10.3.